The molecule has 0 unspecified atom stereocenters. The molecule has 0 saturated carbocycles. The molecule has 3 nitrogen and oxygen atoms in total. The van der Waals surface area contributed by atoms with Crippen molar-refractivity contribution in [2.75, 3.05) is 19.6 Å². The summed E-state index contributed by atoms with van der Waals surface area (Å²) in [5.41, 5.74) is -3.89. The first kappa shape index (κ1) is 19.6. The van der Waals surface area contributed by atoms with Gasteiger partial charge in [-0.05, 0) is 49.5 Å². The average Bonchev–Trinajstić information content (AvgIpc) is 2.51. The zero-order chi connectivity index (χ0) is 18.9. The second-order valence-corrected chi connectivity index (χ2v) is 6.54. The van der Waals surface area contributed by atoms with Gasteiger partial charge in [-0.3, -0.25) is 4.79 Å². The molecule has 2 N–H and O–H groups in total. The summed E-state index contributed by atoms with van der Waals surface area (Å²) in [7, 11) is 0. The van der Waals surface area contributed by atoms with Crippen molar-refractivity contribution >= 4 is 5.91 Å². The monoisotopic (exact) mass is 368 g/mol. The molecule has 0 atom stereocenters. The molecule has 1 saturated heterocycles. The number of rotatable bonds is 3. The lowest BCUT2D eigenvalue weighted by Gasteiger charge is -2.34. The van der Waals surface area contributed by atoms with Gasteiger partial charge in [0, 0.05) is 12.1 Å². The van der Waals surface area contributed by atoms with E-state index in [9.17, 15) is 31.1 Å². The van der Waals surface area contributed by atoms with Crippen LogP contribution in [0.2, 0.25) is 0 Å². The Morgan fingerprint density at radius 1 is 1.04 bits per heavy atom. The first-order valence-corrected chi connectivity index (χ1v) is 7.69. The fourth-order valence-electron chi connectivity index (χ4n) is 2.69. The zero-order valence-electron chi connectivity index (χ0n) is 13.4. The van der Waals surface area contributed by atoms with Crippen LogP contribution in [-0.2, 0) is 12.4 Å². The summed E-state index contributed by atoms with van der Waals surface area (Å²) < 4.78 is 77.0. The van der Waals surface area contributed by atoms with Gasteiger partial charge in [0.05, 0.1) is 11.1 Å². The predicted octanol–water partition coefficient (Wildman–Crippen LogP) is 3.84. The average molecular weight is 368 g/mol. The van der Waals surface area contributed by atoms with Crippen LogP contribution in [0, 0.1) is 5.41 Å². The molecule has 25 heavy (non-hydrogen) atoms. The maximum atomic E-state index is 12.8. The Balaban J connectivity index is 2.23. The van der Waals surface area contributed by atoms with Crippen molar-refractivity contribution in [3.63, 3.8) is 0 Å². The maximum Gasteiger partial charge on any atom is 0.416 e. The van der Waals surface area contributed by atoms with Gasteiger partial charge in [-0.15, -0.1) is 0 Å². The number of amides is 1. The predicted molar refractivity (Wildman–Crippen MR) is 79.0 cm³/mol. The van der Waals surface area contributed by atoms with Crippen molar-refractivity contribution in [2.45, 2.75) is 32.1 Å². The number of benzene rings is 1. The van der Waals surface area contributed by atoms with Crippen LogP contribution >= 0.6 is 0 Å². The Labute approximate surface area is 140 Å². The van der Waals surface area contributed by atoms with Gasteiger partial charge >= 0.3 is 12.4 Å². The highest BCUT2D eigenvalue weighted by atomic mass is 19.4. The van der Waals surface area contributed by atoms with E-state index in [1.165, 1.54) is 0 Å². The smallest absolute Gasteiger partial charge is 0.351 e. The van der Waals surface area contributed by atoms with Gasteiger partial charge in [0.1, 0.15) is 0 Å². The highest BCUT2D eigenvalue weighted by Gasteiger charge is 2.37. The van der Waals surface area contributed by atoms with Crippen molar-refractivity contribution in [1.82, 2.24) is 10.6 Å². The van der Waals surface area contributed by atoms with E-state index in [1.807, 2.05) is 6.92 Å². The number of carbonyl (C=O) groups excluding carboxylic acids is 1. The van der Waals surface area contributed by atoms with Crippen LogP contribution in [0.4, 0.5) is 26.3 Å². The van der Waals surface area contributed by atoms with E-state index < -0.39 is 35.0 Å². The van der Waals surface area contributed by atoms with Gasteiger partial charge in [0.2, 0.25) is 0 Å². The van der Waals surface area contributed by atoms with Crippen molar-refractivity contribution in [2.24, 2.45) is 5.41 Å². The number of alkyl halides is 6. The van der Waals surface area contributed by atoms with E-state index in [0.29, 0.717) is 12.1 Å². The number of nitrogens with one attached hydrogen (secondary N) is 2. The van der Waals surface area contributed by atoms with Gasteiger partial charge in [-0.25, -0.2) is 0 Å². The highest BCUT2D eigenvalue weighted by Crippen LogP contribution is 2.36. The molecule has 1 aliphatic heterocycles. The van der Waals surface area contributed by atoms with Crippen molar-refractivity contribution in [3.8, 4) is 0 Å². The van der Waals surface area contributed by atoms with E-state index in [4.69, 9.17) is 0 Å². The molecular formula is C16H18F6N2O. The molecular weight excluding hydrogens is 350 g/mol. The molecule has 0 radical (unpaired) electrons. The number of piperidine rings is 1. The third-order valence-corrected chi connectivity index (χ3v) is 4.34. The van der Waals surface area contributed by atoms with Crippen LogP contribution in [0.25, 0.3) is 0 Å². The molecule has 1 aromatic rings. The summed E-state index contributed by atoms with van der Waals surface area (Å²) in [5, 5.41) is 5.61. The lowest BCUT2D eigenvalue weighted by Crippen LogP contribution is -2.43. The van der Waals surface area contributed by atoms with Crippen LogP contribution in [0.1, 0.15) is 41.3 Å². The molecule has 1 amide bonds. The van der Waals surface area contributed by atoms with E-state index in [0.717, 1.165) is 25.9 Å². The first-order chi connectivity index (χ1) is 11.4. The summed E-state index contributed by atoms with van der Waals surface area (Å²) >= 11 is 0. The Morgan fingerprint density at radius 3 is 1.96 bits per heavy atom. The number of halogens is 6. The minimum absolute atomic E-state index is 0.00486. The fraction of sp³-hybridized carbons (Fsp3) is 0.562. The second kappa shape index (κ2) is 6.86. The van der Waals surface area contributed by atoms with E-state index in [1.54, 1.807) is 0 Å². The van der Waals surface area contributed by atoms with Gasteiger partial charge in [0.25, 0.3) is 5.91 Å². The largest absolute Gasteiger partial charge is 0.416 e. The lowest BCUT2D eigenvalue weighted by atomic mass is 9.81. The molecule has 1 fully saturated rings. The molecule has 0 spiro atoms. The molecule has 1 aliphatic rings. The minimum atomic E-state index is -4.97. The lowest BCUT2D eigenvalue weighted by molar-refractivity contribution is -0.143. The summed E-state index contributed by atoms with van der Waals surface area (Å²) in [6.07, 6.45) is -8.44. The van der Waals surface area contributed by atoms with Crippen molar-refractivity contribution in [1.29, 1.82) is 0 Å². The third kappa shape index (κ3) is 5.10. The SMILES string of the molecule is CC1(CNC(=O)c2cc(C(F)(F)F)cc(C(F)(F)F)c2)CCNCC1. The molecule has 140 valence electrons. The first-order valence-electron chi connectivity index (χ1n) is 7.69. The zero-order valence-corrected chi connectivity index (χ0v) is 13.4. The van der Waals surface area contributed by atoms with Gasteiger partial charge in [-0.1, -0.05) is 6.92 Å². The second-order valence-electron chi connectivity index (χ2n) is 6.54. The van der Waals surface area contributed by atoms with Crippen LogP contribution in [0.15, 0.2) is 18.2 Å². The topological polar surface area (TPSA) is 41.1 Å². The standard InChI is InChI=1S/C16H18F6N2O/c1-14(2-4-23-5-3-14)9-24-13(25)10-6-11(15(17,18)19)8-12(7-10)16(20,21)22/h6-8,23H,2-5,9H2,1H3,(H,24,25). The summed E-state index contributed by atoms with van der Waals surface area (Å²) in [4.78, 5) is 12.1. The highest BCUT2D eigenvalue weighted by molar-refractivity contribution is 5.94. The molecule has 0 aromatic heterocycles. The van der Waals surface area contributed by atoms with E-state index >= 15 is 0 Å². The molecule has 0 bridgehead atoms. The summed E-state index contributed by atoms with van der Waals surface area (Å²) in [5.74, 6) is -0.948. The van der Waals surface area contributed by atoms with Crippen molar-refractivity contribution in [3.05, 3.63) is 34.9 Å². The van der Waals surface area contributed by atoms with Crippen molar-refractivity contribution < 1.29 is 31.1 Å². The fourth-order valence-corrected chi connectivity index (χ4v) is 2.69. The van der Waals surface area contributed by atoms with Gasteiger partial charge in [-0.2, -0.15) is 26.3 Å². The third-order valence-electron chi connectivity index (χ3n) is 4.34. The Morgan fingerprint density at radius 2 is 1.52 bits per heavy atom. The molecule has 1 aromatic carbocycles. The maximum absolute atomic E-state index is 12.8. The summed E-state index contributed by atoms with van der Waals surface area (Å²) in [6.45, 7) is 3.59. The van der Waals surface area contributed by atoms with E-state index in [2.05, 4.69) is 10.6 Å². The van der Waals surface area contributed by atoms with Crippen LogP contribution in [0.5, 0.6) is 0 Å². The number of hydrogen-bond donors (Lipinski definition) is 2. The van der Waals surface area contributed by atoms with Gasteiger partial charge < -0.3 is 10.6 Å². The Bertz CT molecular complexity index is 600. The normalized spacial score (nSPS) is 18.0. The molecule has 9 heteroatoms. The van der Waals surface area contributed by atoms with Gasteiger partial charge in [0.15, 0.2) is 0 Å². The molecule has 2 rings (SSSR count). The minimum Gasteiger partial charge on any atom is -0.351 e. The number of carbonyl (C=O) groups is 1. The molecule has 1 heterocycles. The van der Waals surface area contributed by atoms with Crippen LogP contribution in [-0.4, -0.2) is 25.5 Å². The van der Waals surface area contributed by atoms with Crippen LogP contribution in [0.3, 0.4) is 0 Å². The Kier molecular flexibility index (Phi) is 5.36. The quantitative estimate of drug-likeness (QED) is 0.796. The van der Waals surface area contributed by atoms with E-state index in [-0.39, 0.29) is 18.0 Å². The summed E-state index contributed by atoms with van der Waals surface area (Å²) in [6, 6.07) is 0.884. The van der Waals surface area contributed by atoms with Crippen LogP contribution < -0.4 is 10.6 Å². The Hall–Kier alpha value is -1.77. The molecule has 0 aliphatic carbocycles. The number of hydrogen-bond acceptors (Lipinski definition) is 2.